The van der Waals surface area contributed by atoms with Crippen molar-refractivity contribution in [2.75, 3.05) is 11.6 Å². The highest BCUT2D eigenvalue weighted by molar-refractivity contribution is 7.89. The number of rotatable bonds is 6. The van der Waals surface area contributed by atoms with Gasteiger partial charge in [0.15, 0.2) is 15.6 Å². The van der Waals surface area contributed by atoms with E-state index in [0.717, 1.165) is 0 Å². The van der Waals surface area contributed by atoms with Crippen molar-refractivity contribution in [3.8, 4) is 11.3 Å². The van der Waals surface area contributed by atoms with E-state index in [0.29, 0.717) is 33.8 Å². The Bertz CT molecular complexity index is 1160. The van der Waals surface area contributed by atoms with Crippen LogP contribution in [0.15, 0.2) is 53.1 Å². The molecular weight excluding hydrogens is 411 g/mol. The van der Waals surface area contributed by atoms with E-state index in [1.807, 2.05) is 0 Å². The van der Waals surface area contributed by atoms with Gasteiger partial charge in [0, 0.05) is 11.8 Å². The maximum absolute atomic E-state index is 13.4. The fraction of sp³-hybridized carbons (Fsp3) is 0.238. The van der Waals surface area contributed by atoms with Crippen LogP contribution in [0, 0.1) is 12.7 Å². The average Bonchev–Trinajstić information content (AvgIpc) is 3.01. The Morgan fingerprint density at radius 1 is 1.23 bits per heavy atom. The molecular formula is C21H21FN2O5S. The third kappa shape index (κ3) is 5.44. The number of hydrogen-bond acceptors (Lipinski definition) is 6. The largest absolute Gasteiger partial charge is 0.441 e. The minimum atomic E-state index is -3.14. The SMILES string of the molecule is Cc1noc(-c2ccc(CS(C)(=O)=O)cc2)c1NC(=O)OC(C)c1cccc(F)c1. The van der Waals surface area contributed by atoms with Crippen LogP contribution in [0.25, 0.3) is 11.3 Å². The smallest absolute Gasteiger partial charge is 0.412 e. The lowest BCUT2D eigenvalue weighted by Gasteiger charge is -2.14. The van der Waals surface area contributed by atoms with Gasteiger partial charge in [0.1, 0.15) is 23.3 Å². The molecule has 1 unspecified atom stereocenters. The molecule has 9 heteroatoms. The molecule has 30 heavy (non-hydrogen) atoms. The molecule has 1 heterocycles. The Morgan fingerprint density at radius 3 is 2.57 bits per heavy atom. The standard InChI is InChI=1S/C21H21FN2O5S/c1-13-19(23-21(25)28-14(2)17-5-4-6-18(22)11-17)20(29-24-13)16-9-7-15(8-10-16)12-30(3,26)27/h4-11,14H,12H2,1-3H3,(H,23,25). The predicted molar refractivity (Wildman–Crippen MR) is 110 cm³/mol. The van der Waals surface area contributed by atoms with Crippen LogP contribution in [0.5, 0.6) is 0 Å². The van der Waals surface area contributed by atoms with Crippen molar-refractivity contribution < 1.29 is 26.9 Å². The minimum absolute atomic E-state index is 0.0713. The van der Waals surface area contributed by atoms with Gasteiger partial charge in [-0.3, -0.25) is 5.32 Å². The first kappa shape index (κ1) is 21.5. The first-order valence-corrected chi connectivity index (χ1v) is 11.1. The van der Waals surface area contributed by atoms with Gasteiger partial charge in [-0.2, -0.15) is 0 Å². The maximum Gasteiger partial charge on any atom is 0.412 e. The fourth-order valence-electron chi connectivity index (χ4n) is 2.89. The molecule has 7 nitrogen and oxygen atoms in total. The highest BCUT2D eigenvalue weighted by Gasteiger charge is 2.20. The van der Waals surface area contributed by atoms with E-state index in [4.69, 9.17) is 9.26 Å². The Hall–Kier alpha value is -3.20. The molecule has 0 aliphatic rings. The van der Waals surface area contributed by atoms with Crippen LogP contribution >= 0.6 is 0 Å². The highest BCUT2D eigenvalue weighted by Crippen LogP contribution is 2.31. The molecule has 1 atom stereocenters. The first-order chi connectivity index (χ1) is 14.1. The molecule has 158 valence electrons. The lowest BCUT2D eigenvalue weighted by atomic mass is 10.1. The Labute approximate surface area is 173 Å². The summed E-state index contributed by atoms with van der Waals surface area (Å²) in [6.45, 7) is 3.30. The number of carbonyl (C=O) groups is 1. The summed E-state index contributed by atoms with van der Waals surface area (Å²) in [4.78, 5) is 12.4. The van der Waals surface area contributed by atoms with Crippen molar-refractivity contribution >= 4 is 21.6 Å². The van der Waals surface area contributed by atoms with Crippen LogP contribution in [0.2, 0.25) is 0 Å². The van der Waals surface area contributed by atoms with Crippen LogP contribution in [0.3, 0.4) is 0 Å². The summed E-state index contributed by atoms with van der Waals surface area (Å²) in [5.74, 6) is -0.174. The fourth-order valence-corrected chi connectivity index (χ4v) is 3.69. The second kappa shape index (κ2) is 8.66. The Morgan fingerprint density at radius 2 is 1.93 bits per heavy atom. The average molecular weight is 432 g/mol. The zero-order valence-electron chi connectivity index (χ0n) is 16.7. The molecule has 0 spiro atoms. The molecule has 0 radical (unpaired) electrons. The zero-order chi connectivity index (χ0) is 21.9. The topological polar surface area (TPSA) is 98.5 Å². The summed E-state index contributed by atoms with van der Waals surface area (Å²) in [5, 5.41) is 6.50. The number of aromatic nitrogens is 1. The van der Waals surface area contributed by atoms with E-state index in [1.54, 1.807) is 44.2 Å². The summed E-state index contributed by atoms with van der Waals surface area (Å²) in [7, 11) is -3.14. The quantitative estimate of drug-likeness (QED) is 0.609. The molecule has 0 aliphatic heterocycles. The van der Waals surface area contributed by atoms with Crippen LogP contribution < -0.4 is 5.32 Å². The lowest BCUT2D eigenvalue weighted by molar-refractivity contribution is 0.121. The third-order valence-electron chi connectivity index (χ3n) is 4.34. The number of nitrogens with one attached hydrogen (secondary N) is 1. The molecule has 0 saturated carbocycles. The van der Waals surface area contributed by atoms with Crippen LogP contribution in [0.1, 0.15) is 29.8 Å². The summed E-state index contributed by atoms with van der Waals surface area (Å²) in [5.41, 5.74) is 2.55. The van der Waals surface area contributed by atoms with Crippen molar-refractivity contribution in [3.05, 3.63) is 71.2 Å². The van der Waals surface area contributed by atoms with E-state index in [-0.39, 0.29) is 5.75 Å². The number of sulfone groups is 1. The molecule has 3 rings (SSSR count). The monoisotopic (exact) mass is 432 g/mol. The van der Waals surface area contributed by atoms with Gasteiger partial charge in [0.2, 0.25) is 0 Å². The number of anilines is 1. The van der Waals surface area contributed by atoms with Crippen LogP contribution in [-0.2, 0) is 20.3 Å². The van der Waals surface area contributed by atoms with Gasteiger partial charge < -0.3 is 9.26 Å². The van der Waals surface area contributed by atoms with Crippen molar-refractivity contribution in [1.82, 2.24) is 5.16 Å². The van der Waals surface area contributed by atoms with Crippen molar-refractivity contribution in [2.45, 2.75) is 25.7 Å². The summed E-state index contributed by atoms with van der Waals surface area (Å²) in [6, 6.07) is 12.5. The van der Waals surface area contributed by atoms with Gasteiger partial charge in [0.05, 0.1) is 5.75 Å². The molecule has 1 amide bonds. The number of nitrogens with zero attached hydrogens (tertiary/aromatic N) is 1. The van der Waals surface area contributed by atoms with Crippen LogP contribution in [-0.4, -0.2) is 25.9 Å². The number of benzene rings is 2. The van der Waals surface area contributed by atoms with Gasteiger partial charge in [-0.1, -0.05) is 41.6 Å². The molecule has 0 saturated heterocycles. The van der Waals surface area contributed by atoms with Gasteiger partial charge >= 0.3 is 6.09 Å². The second-order valence-electron chi connectivity index (χ2n) is 6.97. The molecule has 3 aromatic rings. The number of halogens is 1. The van der Waals surface area contributed by atoms with Crippen molar-refractivity contribution in [2.24, 2.45) is 0 Å². The van der Waals surface area contributed by atoms with Crippen molar-refractivity contribution in [1.29, 1.82) is 0 Å². The normalized spacial score (nSPS) is 12.4. The second-order valence-corrected chi connectivity index (χ2v) is 9.11. The predicted octanol–water partition coefficient (Wildman–Crippen LogP) is 4.64. The molecule has 2 aromatic carbocycles. The summed E-state index contributed by atoms with van der Waals surface area (Å²) >= 11 is 0. The molecule has 1 aromatic heterocycles. The van der Waals surface area contributed by atoms with Gasteiger partial charge in [0.25, 0.3) is 0 Å². The van der Waals surface area contributed by atoms with E-state index in [1.165, 1.54) is 24.5 Å². The molecule has 0 fully saturated rings. The number of amides is 1. The highest BCUT2D eigenvalue weighted by atomic mass is 32.2. The molecule has 0 bridgehead atoms. The van der Waals surface area contributed by atoms with E-state index in [2.05, 4.69) is 10.5 Å². The zero-order valence-corrected chi connectivity index (χ0v) is 17.5. The minimum Gasteiger partial charge on any atom is -0.441 e. The molecule has 1 N–H and O–H groups in total. The summed E-state index contributed by atoms with van der Waals surface area (Å²) in [6.07, 6.45) is -0.244. The molecule has 0 aliphatic carbocycles. The van der Waals surface area contributed by atoms with E-state index in [9.17, 15) is 17.6 Å². The Balaban J connectivity index is 1.75. The number of carbonyl (C=O) groups excluding carboxylic acids is 1. The number of ether oxygens (including phenoxy) is 1. The lowest BCUT2D eigenvalue weighted by Crippen LogP contribution is -2.16. The number of hydrogen-bond donors (Lipinski definition) is 1. The van der Waals surface area contributed by atoms with Gasteiger partial charge in [-0.05, 0) is 37.1 Å². The van der Waals surface area contributed by atoms with E-state index >= 15 is 0 Å². The van der Waals surface area contributed by atoms with Gasteiger partial charge in [-0.25, -0.2) is 17.6 Å². The third-order valence-corrected chi connectivity index (χ3v) is 5.19. The number of aryl methyl sites for hydroxylation is 1. The van der Waals surface area contributed by atoms with E-state index < -0.39 is 27.9 Å². The maximum atomic E-state index is 13.4. The Kier molecular flexibility index (Phi) is 6.21. The first-order valence-electron chi connectivity index (χ1n) is 9.09. The van der Waals surface area contributed by atoms with Gasteiger partial charge in [-0.15, -0.1) is 0 Å². The summed E-state index contributed by atoms with van der Waals surface area (Å²) < 4.78 is 46.9. The van der Waals surface area contributed by atoms with Crippen LogP contribution in [0.4, 0.5) is 14.9 Å². The van der Waals surface area contributed by atoms with Crippen molar-refractivity contribution in [3.63, 3.8) is 0 Å².